The second-order valence-corrected chi connectivity index (χ2v) is 3.87. The minimum Gasteiger partial charge on any atom is -0.497 e. The molecular weight excluding hydrogens is 216 g/mol. The van der Waals surface area contributed by atoms with Crippen molar-refractivity contribution in [1.29, 1.82) is 0 Å². The molecule has 0 aromatic carbocycles. The molecule has 0 saturated carbocycles. The van der Waals surface area contributed by atoms with Crippen LogP contribution < -0.4 is 10.1 Å². The number of nitrogens with zero attached hydrogens (tertiary/aromatic N) is 3. The van der Waals surface area contributed by atoms with Crippen molar-refractivity contribution in [2.24, 2.45) is 7.05 Å². The van der Waals surface area contributed by atoms with Crippen LogP contribution in [0.5, 0.6) is 5.75 Å². The van der Waals surface area contributed by atoms with Crippen LogP contribution in [0.3, 0.4) is 0 Å². The number of hydrogen-bond acceptors (Lipinski definition) is 4. The van der Waals surface area contributed by atoms with Gasteiger partial charge in [-0.05, 0) is 6.92 Å². The summed E-state index contributed by atoms with van der Waals surface area (Å²) in [6.45, 7) is 2.59. The maximum Gasteiger partial charge on any atom is 0.148 e. The number of ether oxygens (including phenoxy) is 1. The van der Waals surface area contributed by atoms with Crippen molar-refractivity contribution >= 4 is 5.82 Å². The van der Waals surface area contributed by atoms with Crippen molar-refractivity contribution in [2.75, 3.05) is 12.4 Å². The second-order valence-electron chi connectivity index (χ2n) is 3.87. The predicted octanol–water partition coefficient (Wildman–Crippen LogP) is 1.74. The normalized spacial score (nSPS) is 10.3. The van der Waals surface area contributed by atoms with Crippen LogP contribution >= 0.6 is 0 Å². The van der Waals surface area contributed by atoms with Gasteiger partial charge in [-0.1, -0.05) is 0 Å². The molecule has 0 aliphatic carbocycles. The van der Waals surface area contributed by atoms with Crippen molar-refractivity contribution in [2.45, 2.75) is 13.5 Å². The molecule has 0 spiro atoms. The summed E-state index contributed by atoms with van der Waals surface area (Å²) in [5.74, 6) is 1.67. The Balaban J connectivity index is 2.05. The van der Waals surface area contributed by atoms with E-state index in [1.165, 1.54) is 0 Å². The lowest BCUT2D eigenvalue weighted by Crippen LogP contribution is -2.04. The molecule has 2 aromatic heterocycles. The van der Waals surface area contributed by atoms with Crippen molar-refractivity contribution in [3.05, 3.63) is 35.8 Å². The van der Waals surface area contributed by atoms with E-state index in [4.69, 9.17) is 4.74 Å². The van der Waals surface area contributed by atoms with Gasteiger partial charge in [-0.15, -0.1) is 0 Å². The first-order chi connectivity index (χ1) is 8.17. The maximum atomic E-state index is 5.20. The number of rotatable bonds is 4. The summed E-state index contributed by atoms with van der Waals surface area (Å²) in [7, 11) is 3.55. The molecule has 2 heterocycles. The number of methoxy groups -OCH3 is 1. The topological polar surface area (TPSA) is 52.0 Å². The summed E-state index contributed by atoms with van der Waals surface area (Å²) >= 11 is 0. The van der Waals surface area contributed by atoms with E-state index in [1.54, 1.807) is 11.8 Å². The molecule has 1 N–H and O–H groups in total. The minimum atomic E-state index is 0.634. The van der Waals surface area contributed by atoms with E-state index in [9.17, 15) is 0 Å². The van der Waals surface area contributed by atoms with Crippen LogP contribution in [0, 0.1) is 6.92 Å². The third-order valence-electron chi connectivity index (χ3n) is 2.38. The molecule has 0 aliphatic heterocycles. The number of hydrogen-bond donors (Lipinski definition) is 1. The molecule has 5 nitrogen and oxygen atoms in total. The maximum absolute atomic E-state index is 5.20. The highest BCUT2D eigenvalue weighted by Gasteiger charge is 2.01. The molecule has 0 amide bonds. The SMILES string of the molecule is COc1cc(C)nc(CNc2ccn(C)n2)c1. The van der Waals surface area contributed by atoms with E-state index < -0.39 is 0 Å². The highest BCUT2D eigenvalue weighted by atomic mass is 16.5. The van der Waals surface area contributed by atoms with E-state index in [0.717, 1.165) is 23.0 Å². The van der Waals surface area contributed by atoms with Crippen LogP contribution in [0.1, 0.15) is 11.4 Å². The van der Waals surface area contributed by atoms with E-state index in [0.29, 0.717) is 6.54 Å². The quantitative estimate of drug-likeness (QED) is 0.872. The van der Waals surface area contributed by atoms with Crippen LogP contribution in [0.15, 0.2) is 24.4 Å². The van der Waals surface area contributed by atoms with Gasteiger partial charge in [0.1, 0.15) is 11.6 Å². The van der Waals surface area contributed by atoms with Gasteiger partial charge in [0, 0.05) is 37.1 Å². The summed E-state index contributed by atoms with van der Waals surface area (Å²) in [5, 5.41) is 7.45. The van der Waals surface area contributed by atoms with Gasteiger partial charge in [0.15, 0.2) is 0 Å². The molecule has 0 radical (unpaired) electrons. The largest absolute Gasteiger partial charge is 0.497 e. The predicted molar refractivity (Wildman–Crippen MR) is 66.1 cm³/mol. The standard InChI is InChI=1S/C12H16N4O/c1-9-6-11(17-3)7-10(14-9)8-13-12-4-5-16(2)15-12/h4-7H,8H2,1-3H3,(H,13,15). The van der Waals surface area contributed by atoms with Gasteiger partial charge in [0.2, 0.25) is 0 Å². The van der Waals surface area contributed by atoms with Gasteiger partial charge >= 0.3 is 0 Å². The van der Waals surface area contributed by atoms with Gasteiger partial charge in [0.05, 0.1) is 19.3 Å². The zero-order valence-electron chi connectivity index (χ0n) is 10.3. The average Bonchev–Trinajstić information content (AvgIpc) is 2.72. The summed E-state index contributed by atoms with van der Waals surface area (Å²) < 4.78 is 6.96. The van der Waals surface area contributed by atoms with E-state index >= 15 is 0 Å². The number of pyridine rings is 1. The lowest BCUT2D eigenvalue weighted by Gasteiger charge is -2.06. The smallest absolute Gasteiger partial charge is 0.148 e. The van der Waals surface area contributed by atoms with Crippen LogP contribution in [0.2, 0.25) is 0 Å². The van der Waals surface area contributed by atoms with Gasteiger partial charge in [0.25, 0.3) is 0 Å². The number of aromatic nitrogens is 3. The zero-order valence-corrected chi connectivity index (χ0v) is 10.3. The monoisotopic (exact) mass is 232 g/mol. The molecule has 0 bridgehead atoms. The van der Waals surface area contributed by atoms with Crippen molar-refractivity contribution in [3.63, 3.8) is 0 Å². The molecule has 17 heavy (non-hydrogen) atoms. The lowest BCUT2D eigenvalue weighted by atomic mass is 10.3. The van der Waals surface area contributed by atoms with Crippen LogP contribution in [0.25, 0.3) is 0 Å². The Bertz CT molecular complexity index is 507. The Morgan fingerprint density at radius 3 is 2.88 bits per heavy atom. The van der Waals surface area contributed by atoms with Gasteiger partial charge in [-0.25, -0.2) is 0 Å². The van der Waals surface area contributed by atoms with Crippen molar-refractivity contribution in [3.8, 4) is 5.75 Å². The Morgan fingerprint density at radius 2 is 2.24 bits per heavy atom. The third-order valence-corrected chi connectivity index (χ3v) is 2.38. The first-order valence-corrected chi connectivity index (χ1v) is 5.42. The van der Waals surface area contributed by atoms with E-state index in [-0.39, 0.29) is 0 Å². The van der Waals surface area contributed by atoms with Crippen LogP contribution in [-0.2, 0) is 13.6 Å². The fourth-order valence-corrected chi connectivity index (χ4v) is 1.60. The lowest BCUT2D eigenvalue weighted by molar-refractivity contribution is 0.413. The Kier molecular flexibility index (Phi) is 3.27. The van der Waals surface area contributed by atoms with Gasteiger partial charge in [-0.3, -0.25) is 9.67 Å². The molecule has 0 aliphatic rings. The molecule has 2 rings (SSSR count). The molecule has 0 atom stereocenters. The Morgan fingerprint density at radius 1 is 1.41 bits per heavy atom. The number of anilines is 1. The Labute approximate surface area is 100 Å². The fourth-order valence-electron chi connectivity index (χ4n) is 1.60. The summed E-state index contributed by atoms with van der Waals surface area (Å²) in [4.78, 5) is 4.43. The summed E-state index contributed by atoms with van der Waals surface area (Å²) in [6, 6.07) is 5.75. The van der Waals surface area contributed by atoms with Gasteiger partial charge < -0.3 is 10.1 Å². The highest BCUT2D eigenvalue weighted by molar-refractivity contribution is 5.34. The molecule has 0 saturated heterocycles. The van der Waals surface area contributed by atoms with E-state index in [2.05, 4.69) is 15.4 Å². The summed E-state index contributed by atoms with van der Waals surface area (Å²) in [6.07, 6.45) is 1.90. The molecule has 0 unspecified atom stereocenters. The fraction of sp³-hybridized carbons (Fsp3) is 0.333. The first kappa shape index (κ1) is 11.4. The Hall–Kier alpha value is -2.04. The number of nitrogens with one attached hydrogen (secondary N) is 1. The van der Waals surface area contributed by atoms with Crippen molar-refractivity contribution < 1.29 is 4.74 Å². The van der Waals surface area contributed by atoms with Crippen molar-refractivity contribution in [1.82, 2.24) is 14.8 Å². The molecule has 2 aromatic rings. The molecular formula is C12H16N4O. The van der Waals surface area contributed by atoms with Crippen LogP contribution in [-0.4, -0.2) is 21.9 Å². The summed E-state index contributed by atoms with van der Waals surface area (Å²) in [5.41, 5.74) is 1.88. The van der Waals surface area contributed by atoms with Gasteiger partial charge in [-0.2, -0.15) is 5.10 Å². The first-order valence-electron chi connectivity index (χ1n) is 5.42. The molecule has 5 heteroatoms. The van der Waals surface area contributed by atoms with E-state index in [1.807, 2.05) is 38.4 Å². The second kappa shape index (κ2) is 4.86. The van der Waals surface area contributed by atoms with Crippen LogP contribution in [0.4, 0.5) is 5.82 Å². The average molecular weight is 232 g/mol. The molecule has 0 fully saturated rings. The third kappa shape index (κ3) is 2.96. The minimum absolute atomic E-state index is 0.634. The zero-order chi connectivity index (χ0) is 12.3. The highest BCUT2D eigenvalue weighted by Crippen LogP contribution is 2.14. The molecule has 90 valence electrons. The number of aryl methyl sites for hydroxylation is 2.